The van der Waals surface area contributed by atoms with Crippen LogP contribution in [0.1, 0.15) is 18.1 Å². The van der Waals surface area contributed by atoms with Crippen LogP contribution in [-0.4, -0.2) is 16.8 Å². The molecule has 2 aromatic rings. The normalized spacial score (nSPS) is 13.9. The van der Waals surface area contributed by atoms with E-state index in [-0.39, 0.29) is 11.5 Å². The molecule has 0 spiro atoms. The summed E-state index contributed by atoms with van der Waals surface area (Å²) >= 11 is 0. The Labute approximate surface area is 111 Å². The van der Waals surface area contributed by atoms with E-state index in [0.717, 1.165) is 22.3 Å². The van der Waals surface area contributed by atoms with Crippen molar-refractivity contribution in [1.29, 1.82) is 0 Å². The molecule has 2 aromatic carbocycles. The van der Waals surface area contributed by atoms with E-state index < -0.39 is 0 Å². The van der Waals surface area contributed by atoms with Gasteiger partial charge in [0.2, 0.25) is 0 Å². The van der Waals surface area contributed by atoms with Crippen molar-refractivity contribution in [2.75, 3.05) is 6.61 Å². The first kappa shape index (κ1) is 11.7. The van der Waals surface area contributed by atoms with Crippen LogP contribution in [0.25, 0.3) is 11.1 Å². The molecule has 0 unspecified atom stereocenters. The van der Waals surface area contributed by atoms with E-state index in [1.165, 1.54) is 0 Å². The largest absolute Gasteiger partial charge is 0.508 e. The summed E-state index contributed by atoms with van der Waals surface area (Å²) in [5.74, 6) is 1.14. The molecule has 0 amide bonds. The Kier molecular flexibility index (Phi) is 2.67. The van der Waals surface area contributed by atoms with Crippen LogP contribution < -0.4 is 4.74 Å². The maximum absolute atomic E-state index is 9.57. The zero-order valence-corrected chi connectivity index (χ0v) is 10.6. The SMILES string of the molecule is CC1=C(c2cccc(O)c2)COc2cc(O)ccc21. The molecule has 3 heteroatoms. The van der Waals surface area contributed by atoms with Gasteiger partial charge in [-0.1, -0.05) is 12.1 Å². The van der Waals surface area contributed by atoms with Crippen LogP contribution in [0, 0.1) is 0 Å². The fourth-order valence-electron chi connectivity index (χ4n) is 2.35. The van der Waals surface area contributed by atoms with Gasteiger partial charge in [0.05, 0.1) is 0 Å². The summed E-state index contributed by atoms with van der Waals surface area (Å²) in [6, 6.07) is 12.3. The van der Waals surface area contributed by atoms with Gasteiger partial charge < -0.3 is 14.9 Å². The third kappa shape index (κ3) is 2.03. The Morgan fingerprint density at radius 3 is 2.58 bits per heavy atom. The summed E-state index contributed by atoms with van der Waals surface area (Å²) < 4.78 is 5.68. The molecule has 0 fully saturated rings. The highest BCUT2D eigenvalue weighted by Crippen LogP contribution is 2.38. The van der Waals surface area contributed by atoms with E-state index >= 15 is 0 Å². The molecule has 2 N–H and O–H groups in total. The number of aromatic hydroxyl groups is 2. The summed E-state index contributed by atoms with van der Waals surface area (Å²) in [6.45, 7) is 2.46. The molecule has 3 rings (SSSR count). The molecule has 1 aliphatic heterocycles. The van der Waals surface area contributed by atoms with Gasteiger partial charge in [-0.25, -0.2) is 0 Å². The predicted molar refractivity (Wildman–Crippen MR) is 74.2 cm³/mol. The quantitative estimate of drug-likeness (QED) is 0.819. The number of hydrogen-bond donors (Lipinski definition) is 2. The van der Waals surface area contributed by atoms with Crippen molar-refractivity contribution >= 4 is 11.1 Å². The molecule has 0 atom stereocenters. The lowest BCUT2D eigenvalue weighted by Crippen LogP contribution is -2.09. The molecule has 1 aliphatic rings. The standard InChI is InChI=1S/C16H14O3/c1-10-14-6-5-13(18)8-16(14)19-9-15(10)11-3-2-4-12(17)7-11/h2-8,17-18H,9H2,1H3. The lowest BCUT2D eigenvalue weighted by Gasteiger charge is -2.22. The van der Waals surface area contributed by atoms with E-state index in [4.69, 9.17) is 4.74 Å². The minimum absolute atomic E-state index is 0.201. The zero-order valence-electron chi connectivity index (χ0n) is 10.6. The molecule has 96 valence electrons. The number of phenolic OH excluding ortho intramolecular Hbond substituents is 2. The molecule has 0 radical (unpaired) electrons. The Hall–Kier alpha value is -2.42. The summed E-state index contributed by atoms with van der Waals surface area (Å²) in [5.41, 5.74) is 4.08. The number of fused-ring (bicyclic) bond motifs is 1. The first-order chi connectivity index (χ1) is 9.15. The molecule has 1 heterocycles. The fraction of sp³-hybridized carbons (Fsp3) is 0.125. The third-order valence-electron chi connectivity index (χ3n) is 3.39. The topological polar surface area (TPSA) is 49.7 Å². The van der Waals surface area contributed by atoms with Crippen molar-refractivity contribution < 1.29 is 14.9 Å². The number of rotatable bonds is 1. The van der Waals surface area contributed by atoms with Crippen molar-refractivity contribution in [2.45, 2.75) is 6.92 Å². The Bertz CT molecular complexity index is 671. The Balaban J connectivity index is 2.13. The van der Waals surface area contributed by atoms with Crippen LogP contribution in [0.2, 0.25) is 0 Å². The first-order valence-corrected chi connectivity index (χ1v) is 6.10. The third-order valence-corrected chi connectivity index (χ3v) is 3.39. The molecule has 0 saturated heterocycles. The molecular weight excluding hydrogens is 240 g/mol. The molecule has 3 nitrogen and oxygen atoms in total. The second-order valence-electron chi connectivity index (χ2n) is 4.62. The van der Waals surface area contributed by atoms with Gasteiger partial charge in [-0.2, -0.15) is 0 Å². The molecule has 0 aromatic heterocycles. The Morgan fingerprint density at radius 1 is 1.00 bits per heavy atom. The second kappa shape index (κ2) is 4.35. The minimum Gasteiger partial charge on any atom is -0.508 e. The maximum atomic E-state index is 9.57. The summed E-state index contributed by atoms with van der Waals surface area (Å²) in [7, 11) is 0. The number of benzene rings is 2. The van der Waals surface area contributed by atoms with E-state index in [2.05, 4.69) is 0 Å². The number of hydrogen-bond acceptors (Lipinski definition) is 3. The first-order valence-electron chi connectivity index (χ1n) is 6.10. The van der Waals surface area contributed by atoms with Gasteiger partial charge in [0.1, 0.15) is 23.9 Å². The second-order valence-corrected chi connectivity index (χ2v) is 4.62. The van der Waals surface area contributed by atoms with Crippen molar-refractivity contribution in [3.05, 3.63) is 53.6 Å². The predicted octanol–water partition coefficient (Wildman–Crippen LogP) is 3.42. The maximum Gasteiger partial charge on any atom is 0.130 e. The van der Waals surface area contributed by atoms with Crippen LogP contribution in [0.15, 0.2) is 42.5 Å². The summed E-state index contributed by atoms with van der Waals surface area (Å²) in [4.78, 5) is 0. The highest BCUT2D eigenvalue weighted by molar-refractivity contribution is 5.93. The lowest BCUT2D eigenvalue weighted by molar-refractivity contribution is 0.361. The van der Waals surface area contributed by atoms with Crippen molar-refractivity contribution in [3.63, 3.8) is 0 Å². The number of ether oxygens (including phenoxy) is 1. The lowest BCUT2D eigenvalue weighted by atomic mass is 9.93. The van der Waals surface area contributed by atoms with E-state index in [9.17, 15) is 10.2 Å². The smallest absolute Gasteiger partial charge is 0.130 e. The number of phenols is 2. The molecule has 0 saturated carbocycles. The zero-order chi connectivity index (χ0) is 13.4. The Morgan fingerprint density at radius 2 is 1.79 bits per heavy atom. The number of allylic oxidation sites excluding steroid dienone is 1. The van der Waals surface area contributed by atoms with Crippen molar-refractivity contribution in [3.8, 4) is 17.2 Å². The molecule has 19 heavy (non-hydrogen) atoms. The van der Waals surface area contributed by atoms with Crippen molar-refractivity contribution in [1.82, 2.24) is 0 Å². The summed E-state index contributed by atoms with van der Waals surface area (Å²) in [5, 5.41) is 19.0. The average molecular weight is 254 g/mol. The van der Waals surface area contributed by atoms with Gasteiger partial charge in [0.25, 0.3) is 0 Å². The van der Waals surface area contributed by atoms with Crippen LogP contribution in [-0.2, 0) is 0 Å². The van der Waals surface area contributed by atoms with Crippen LogP contribution in [0.4, 0.5) is 0 Å². The monoisotopic (exact) mass is 254 g/mol. The van der Waals surface area contributed by atoms with Gasteiger partial charge >= 0.3 is 0 Å². The van der Waals surface area contributed by atoms with E-state index in [0.29, 0.717) is 12.4 Å². The fourth-order valence-corrected chi connectivity index (χ4v) is 2.35. The van der Waals surface area contributed by atoms with E-state index in [1.807, 2.05) is 25.1 Å². The highest BCUT2D eigenvalue weighted by atomic mass is 16.5. The van der Waals surface area contributed by atoms with Crippen LogP contribution >= 0.6 is 0 Å². The van der Waals surface area contributed by atoms with Gasteiger partial charge in [0, 0.05) is 17.2 Å². The minimum atomic E-state index is 0.201. The van der Waals surface area contributed by atoms with E-state index in [1.54, 1.807) is 24.3 Å². The molecular formula is C16H14O3. The van der Waals surface area contributed by atoms with Gasteiger partial charge in [-0.3, -0.25) is 0 Å². The van der Waals surface area contributed by atoms with Gasteiger partial charge in [-0.05, 0) is 42.3 Å². The molecule has 0 aliphatic carbocycles. The van der Waals surface area contributed by atoms with Crippen LogP contribution in [0.5, 0.6) is 17.2 Å². The van der Waals surface area contributed by atoms with Gasteiger partial charge in [-0.15, -0.1) is 0 Å². The average Bonchev–Trinajstić information content (AvgIpc) is 2.39. The molecule has 0 bridgehead atoms. The van der Waals surface area contributed by atoms with Crippen molar-refractivity contribution in [2.24, 2.45) is 0 Å². The van der Waals surface area contributed by atoms with Gasteiger partial charge in [0.15, 0.2) is 0 Å². The summed E-state index contributed by atoms with van der Waals surface area (Å²) in [6.07, 6.45) is 0. The highest BCUT2D eigenvalue weighted by Gasteiger charge is 2.18. The van der Waals surface area contributed by atoms with Crippen LogP contribution in [0.3, 0.4) is 0 Å².